The zero-order valence-electron chi connectivity index (χ0n) is 21.0. The molecule has 1 spiro atoms. The topological polar surface area (TPSA) is 67.1 Å². The summed E-state index contributed by atoms with van der Waals surface area (Å²) in [5.41, 5.74) is 15.7. The zero-order chi connectivity index (χ0) is 24.0. The lowest BCUT2D eigenvalue weighted by atomic mass is 9.69. The molecule has 1 aliphatic carbocycles. The molecule has 182 valence electrons. The van der Waals surface area contributed by atoms with Gasteiger partial charge in [0.1, 0.15) is 6.33 Å². The number of aryl methyl sites for hydroxylation is 1. The van der Waals surface area contributed by atoms with E-state index in [9.17, 15) is 0 Å². The van der Waals surface area contributed by atoms with Crippen LogP contribution in [0.2, 0.25) is 0 Å². The van der Waals surface area contributed by atoms with Crippen molar-refractivity contribution in [3.05, 3.63) is 88.5 Å². The summed E-state index contributed by atoms with van der Waals surface area (Å²) >= 11 is 0. The summed E-state index contributed by atoms with van der Waals surface area (Å²) in [5.74, 6) is 1.14. The van der Waals surface area contributed by atoms with Gasteiger partial charge < -0.3 is 11.1 Å². The Balaban J connectivity index is 1.44. The molecule has 1 fully saturated rings. The van der Waals surface area contributed by atoms with Gasteiger partial charge in [0, 0.05) is 48.5 Å². The minimum absolute atomic E-state index is 0.0902. The molecular weight excluding hydrogens is 430 g/mol. The number of aromatic nitrogens is 2. The maximum Gasteiger partial charge on any atom is 0.116 e. The van der Waals surface area contributed by atoms with Crippen molar-refractivity contribution in [1.82, 2.24) is 14.9 Å². The maximum atomic E-state index is 6.25. The summed E-state index contributed by atoms with van der Waals surface area (Å²) in [5, 5.41) is 3.74. The highest BCUT2D eigenvalue weighted by Gasteiger charge is 2.48. The number of anilines is 1. The van der Waals surface area contributed by atoms with Gasteiger partial charge in [0.2, 0.25) is 0 Å². The highest BCUT2D eigenvalue weighted by Crippen LogP contribution is 2.52. The Kier molecular flexibility index (Phi) is 5.85. The lowest BCUT2D eigenvalue weighted by Gasteiger charge is -2.46. The van der Waals surface area contributed by atoms with Crippen molar-refractivity contribution in [1.29, 1.82) is 0 Å². The lowest BCUT2D eigenvalue weighted by molar-refractivity contribution is 0.0881. The molecule has 2 aromatic carbocycles. The molecule has 0 amide bonds. The molecule has 1 aromatic heterocycles. The quantitative estimate of drug-likeness (QED) is 0.531. The predicted molar refractivity (Wildman–Crippen MR) is 141 cm³/mol. The number of nitrogens with one attached hydrogen (secondary N) is 1. The number of nitrogens with two attached hydrogens (primary N) is 1. The van der Waals surface area contributed by atoms with Crippen LogP contribution in [0.3, 0.4) is 0 Å². The lowest BCUT2D eigenvalue weighted by Crippen LogP contribution is -2.46. The summed E-state index contributed by atoms with van der Waals surface area (Å²) in [7, 11) is 0. The fraction of sp³-hybridized carbons (Fsp3) is 0.467. The molecule has 0 radical (unpaired) electrons. The van der Waals surface area contributed by atoms with E-state index in [2.05, 4.69) is 72.6 Å². The Hall–Kier alpha value is -2.76. The van der Waals surface area contributed by atoms with E-state index in [0.29, 0.717) is 18.4 Å². The summed E-state index contributed by atoms with van der Waals surface area (Å²) in [6, 6.07) is 17.8. The van der Waals surface area contributed by atoms with Gasteiger partial charge in [-0.25, -0.2) is 9.97 Å². The standard InChI is InChI=1S/C30H37N5/c1-20(2)23-11-12-24-27(23)29(34-19-33-24)26-15-30(13-14-35(26)17-21-7-4-3-5-8-21)18-32-25-10-6-9-22(16-31)28(25)30/h3-10,19-20,23,26,32H,11-18,31H2,1-2H3. The molecule has 3 unspecified atom stereocenters. The van der Waals surface area contributed by atoms with Crippen molar-refractivity contribution >= 4 is 5.69 Å². The predicted octanol–water partition coefficient (Wildman–Crippen LogP) is 5.32. The Bertz CT molecular complexity index is 1210. The molecule has 3 aromatic rings. The minimum Gasteiger partial charge on any atom is -0.384 e. The van der Waals surface area contributed by atoms with Crippen LogP contribution in [-0.4, -0.2) is 28.0 Å². The van der Waals surface area contributed by atoms with Crippen molar-refractivity contribution in [2.45, 2.75) is 70.0 Å². The van der Waals surface area contributed by atoms with Crippen LogP contribution >= 0.6 is 0 Å². The van der Waals surface area contributed by atoms with E-state index in [4.69, 9.17) is 15.7 Å². The molecular formula is C30H37N5. The highest BCUT2D eigenvalue weighted by atomic mass is 15.2. The largest absolute Gasteiger partial charge is 0.384 e. The van der Waals surface area contributed by atoms with Gasteiger partial charge >= 0.3 is 0 Å². The molecule has 0 saturated carbocycles. The normalized spacial score (nSPS) is 25.6. The molecule has 3 heterocycles. The molecule has 3 N–H and O–H groups in total. The third kappa shape index (κ3) is 3.85. The van der Waals surface area contributed by atoms with Gasteiger partial charge in [0.05, 0.1) is 11.7 Å². The first-order valence-corrected chi connectivity index (χ1v) is 13.3. The summed E-state index contributed by atoms with van der Waals surface area (Å²) < 4.78 is 0. The van der Waals surface area contributed by atoms with E-state index in [-0.39, 0.29) is 11.5 Å². The summed E-state index contributed by atoms with van der Waals surface area (Å²) in [6.07, 6.45) is 6.28. The molecule has 0 bridgehead atoms. The first-order valence-electron chi connectivity index (χ1n) is 13.3. The Morgan fingerprint density at radius 2 is 1.97 bits per heavy atom. The van der Waals surface area contributed by atoms with Crippen molar-refractivity contribution in [3.63, 3.8) is 0 Å². The number of piperidine rings is 1. The minimum atomic E-state index is 0.0902. The van der Waals surface area contributed by atoms with Crippen LogP contribution in [0.4, 0.5) is 5.69 Å². The van der Waals surface area contributed by atoms with E-state index in [1.165, 1.54) is 45.7 Å². The van der Waals surface area contributed by atoms with Crippen molar-refractivity contribution in [3.8, 4) is 0 Å². The van der Waals surface area contributed by atoms with Gasteiger partial charge in [-0.1, -0.05) is 56.3 Å². The molecule has 1 saturated heterocycles. The average molecular weight is 468 g/mol. The van der Waals surface area contributed by atoms with Crippen LogP contribution in [0.5, 0.6) is 0 Å². The van der Waals surface area contributed by atoms with Gasteiger partial charge in [-0.15, -0.1) is 0 Å². The maximum absolute atomic E-state index is 6.25. The SMILES string of the molecule is CC(C)C1CCc2ncnc(C3CC4(CCN3Cc3ccccc3)CNc3cccc(CN)c34)c21. The number of hydrogen-bond acceptors (Lipinski definition) is 5. The van der Waals surface area contributed by atoms with Crippen LogP contribution in [0.1, 0.15) is 78.7 Å². The molecule has 6 rings (SSSR count). The number of fused-ring (bicyclic) bond motifs is 3. The van der Waals surface area contributed by atoms with Crippen LogP contribution in [0, 0.1) is 5.92 Å². The number of rotatable bonds is 5. The van der Waals surface area contributed by atoms with E-state index in [1.807, 2.05) is 6.33 Å². The second-order valence-corrected chi connectivity index (χ2v) is 11.1. The third-order valence-electron chi connectivity index (χ3n) is 8.83. The first kappa shape index (κ1) is 22.7. The zero-order valence-corrected chi connectivity index (χ0v) is 21.0. The van der Waals surface area contributed by atoms with Crippen molar-refractivity contribution in [2.24, 2.45) is 11.7 Å². The molecule has 3 aliphatic rings. The second kappa shape index (κ2) is 9.03. The molecule has 5 nitrogen and oxygen atoms in total. The Labute approximate surface area is 209 Å². The van der Waals surface area contributed by atoms with Crippen LogP contribution in [0.25, 0.3) is 0 Å². The van der Waals surface area contributed by atoms with Crippen LogP contribution in [-0.2, 0) is 24.9 Å². The average Bonchev–Trinajstić information content (AvgIpc) is 3.48. The van der Waals surface area contributed by atoms with Gasteiger partial charge in [0.25, 0.3) is 0 Å². The number of likely N-dealkylation sites (tertiary alicyclic amines) is 1. The van der Waals surface area contributed by atoms with Crippen LogP contribution < -0.4 is 11.1 Å². The second-order valence-electron chi connectivity index (χ2n) is 11.1. The summed E-state index contributed by atoms with van der Waals surface area (Å²) in [4.78, 5) is 12.5. The smallest absolute Gasteiger partial charge is 0.116 e. The Morgan fingerprint density at radius 1 is 1.11 bits per heavy atom. The molecule has 2 aliphatic heterocycles. The molecule has 5 heteroatoms. The van der Waals surface area contributed by atoms with Gasteiger partial charge in [0.15, 0.2) is 0 Å². The van der Waals surface area contributed by atoms with Crippen LogP contribution in [0.15, 0.2) is 54.9 Å². The van der Waals surface area contributed by atoms with Crippen molar-refractivity contribution in [2.75, 3.05) is 18.4 Å². The fourth-order valence-electron chi connectivity index (χ4n) is 7.10. The fourth-order valence-corrected chi connectivity index (χ4v) is 7.10. The summed E-state index contributed by atoms with van der Waals surface area (Å²) in [6.45, 7) is 8.27. The Morgan fingerprint density at radius 3 is 2.77 bits per heavy atom. The number of benzene rings is 2. The van der Waals surface area contributed by atoms with Gasteiger partial charge in [-0.05, 0) is 60.3 Å². The molecule has 3 atom stereocenters. The van der Waals surface area contributed by atoms with E-state index in [1.54, 1.807) is 0 Å². The van der Waals surface area contributed by atoms with Gasteiger partial charge in [-0.3, -0.25) is 4.90 Å². The van der Waals surface area contributed by atoms with E-state index >= 15 is 0 Å². The number of nitrogens with zero attached hydrogens (tertiary/aromatic N) is 3. The monoisotopic (exact) mass is 467 g/mol. The van der Waals surface area contributed by atoms with E-state index < -0.39 is 0 Å². The van der Waals surface area contributed by atoms with Gasteiger partial charge in [-0.2, -0.15) is 0 Å². The first-order chi connectivity index (χ1) is 17.1. The third-order valence-corrected chi connectivity index (χ3v) is 8.83. The molecule has 35 heavy (non-hydrogen) atoms. The number of hydrogen-bond donors (Lipinski definition) is 2. The highest BCUT2D eigenvalue weighted by molar-refractivity contribution is 5.64. The van der Waals surface area contributed by atoms with E-state index in [0.717, 1.165) is 38.9 Å². The van der Waals surface area contributed by atoms with Crippen molar-refractivity contribution < 1.29 is 0 Å².